The minimum atomic E-state index is -0.206. The van der Waals surface area contributed by atoms with Gasteiger partial charge in [0.05, 0.1) is 17.3 Å². The van der Waals surface area contributed by atoms with Crippen LogP contribution in [0.15, 0.2) is 53.3 Å². The lowest BCUT2D eigenvalue weighted by Crippen LogP contribution is -2.48. The summed E-state index contributed by atoms with van der Waals surface area (Å²) in [6, 6.07) is 14.9. The fourth-order valence-corrected chi connectivity index (χ4v) is 3.19. The third-order valence-corrected chi connectivity index (χ3v) is 4.58. The highest BCUT2D eigenvalue weighted by Crippen LogP contribution is 2.37. The summed E-state index contributed by atoms with van der Waals surface area (Å²) in [5.41, 5.74) is 2.56. The Kier molecular flexibility index (Phi) is 3.23. The molecule has 0 bridgehead atoms. The van der Waals surface area contributed by atoms with Gasteiger partial charge in [0.1, 0.15) is 11.9 Å². The van der Waals surface area contributed by atoms with E-state index in [4.69, 9.17) is 0 Å². The number of para-hydroxylation sites is 1. The van der Waals surface area contributed by atoms with Crippen LogP contribution in [0.1, 0.15) is 23.9 Å². The van der Waals surface area contributed by atoms with Gasteiger partial charge in [-0.1, -0.05) is 29.8 Å². The maximum atomic E-state index is 12.6. The largest absolute Gasteiger partial charge is 0.301 e. The van der Waals surface area contributed by atoms with Crippen LogP contribution >= 0.6 is 0 Å². The SMILES string of the molecule is Cc1ccc(N2C(=O)CC2c2nc3ccccc3c(=O)n2C)cc1. The topological polar surface area (TPSA) is 55.2 Å². The van der Waals surface area contributed by atoms with E-state index in [0.29, 0.717) is 23.1 Å². The number of benzene rings is 2. The minimum Gasteiger partial charge on any atom is -0.301 e. The Morgan fingerprint density at radius 1 is 1.04 bits per heavy atom. The van der Waals surface area contributed by atoms with Crippen LogP contribution in [0.25, 0.3) is 10.9 Å². The number of hydrogen-bond donors (Lipinski definition) is 0. The Morgan fingerprint density at radius 3 is 2.46 bits per heavy atom. The first-order valence-electron chi connectivity index (χ1n) is 7.90. The van der Waals surface area contributed by atoms with E-state index >= 15 is 0 Å². The molecule has 0 radical (unpaired) electrons. The first-order chi connectivity index (χ1) is 11.6. The van der Waals surface area contributed by atoms with Gasteiger partial charge >= 0.3 is 0 Å². The molecule has 1 aliphatic heterocycles. The molecular weight excluding hydrogens is 302 g/mol. The standard InChI is InChI=1S/C19H17N3O2/c1-12-7-9-13(10-8-12)22-16(11-17(22)23)18-20-15-6-4-3-5-14(15)19(24)21(18)2/h3-10,16H,11H2,1-2H3. The summed E-state index contributed by atoms with van der Waals surface area (Å²) in [6.07, 6.45) is 0.368. The zero-order valence-corrected chi connectivity index (χ0v) is 13.6. The number of nitrogens with zero attached hydrogens (tertiary/aromatic N) is 3. The maximum absolute atomic E-state index is 12.6. The molecule has 2 heterocycles. The van der Waals surface area contributed by atoms with Crippen LogP contribution in [0.2, 0.25) is 0 Å². The molecule has 5 heteroatoms. The number of aromatic nitrogens is 2. The van der Waals surface area contributed by atoms with Gasteiger partial charge in [0.2, 0.25) is 5.91 Å². The highest BCUT2D eigenvalue weighted by molar-refractivity contribution is 6.01. The Hall–Kier alpha value is -2.95. The average Bonchev–Trinajstić information content (AvgIpc) is 2.58. The number of amides is 1. The Bertz CT molecular complexity index is 1010. The molecule has 0 aliphatic carbocycles. The van der Waals surface area contributed by atoms with E-state index in [1.54, 1.807) is 22.6 Å². The van der Waals surface area contributed by atoms with Crippen LogP contribution < -0.4 is 10.5 Å². The Balaban J connectivity index is 1.82. The van der Waals surface area contributed by atoms with Gasteiger partial charge in [0, 0.05) is 12.7 Å². The number of fused-ring (bicyclic) bond motifs is 1. The predicted molar refractivity (Wildman–Crippen MR) is 93.0 cm³/mol. The molecule has 2 aromatic carbocycles. The van der Waals surface area contributed by atoms with E-state index in [-0.39, 0.29) is 17.5 Å². The summed E-state index contributed by atoms with van der Waals surface area (Å²) in [5, 5.41) is 0.594. The molecule has 1 fully saturated rings. The molecule has 1 unspecified atom stereocenters. The minimum absolute atomic E-state index is 0.0475. The molecule has 1 aromatic heterocycles. The summed E-state index contributed by atoms with van der Waals surface area (Å²) >= 11 is 0. The summed E-state index contributed by atoms with van der Waals surface area (Å²) < 4.78 is 1.56. The van der Waals surface area contributed by atoms with Crippen molar-refractivity contribution in [2.75, 3.05) is 4.90 Å². The van der Waals surface area contributed by atoms with Crippen LogP contribution in [0.4, 0.5) is 5.69 Å². The van der Waals surface area contributed by atoms with E-state index in [9.17, 15) is 9.59 Å². The molecule has 24 heavy (non-hydrogen) atoms. The van der Waals surface area contributed by atoms with Crippen LogP contribution in [0.3, 0.4) is 0 Å². The third kappa shape index (κ3) is 2.12. The lowest BCUT2D eigenvalue weighted by Gasteiger charge is -2.40. The van der Waals surface area contributed by atoms with E-state index in [1.165, 1.54) is 0 Å². The molecule has 1 amide bonds. The first kappa shape index (κ1) is 14.6. The second-order valence-electron chi connectivity index (χ2n) is 6.17. The van der Waals surface area contributed by atoms with Crippen molar-refractivity contribution in [1.29, 1.82) is 0 Å². The highest BCUT2D eigenvalue weighted by Gasteiger charge is 2.40. The summed E-state index contributed by atoms with van der Waals surface area (Å²) in [4.78, 5) is 31.1. The Labute approximate surface area is 139 Å². The average molecular weight is 319 g/mol. The second kappa shape index (κ2) is 5.30. The molecule has 120 valence electrons. The zero-order valence-electron chi connectivity index (χ0n) is 13.6. The highest BCUT2D eigenvalue weighted by atomic mass is 16.2. The van der Waals surface area contributed by atoms with Crippen LogP contribution in [-0.4, -0.2) is 15.5 Å². The molecular formula is C19H17N3O2. The van der Waals surface area contributed by atoms with Crippen LogP contribution in [0.5, 0.6) is 0 Å². The van der Waals surface area contributed by atoms with Gasteiger partial charge in [-0.3, -0.25) is 14.2 Å². The van der Waals surface area contributed by atoms with Gasteiger partial charge in [0.15, 0.2) is 0 Å². The maximum Gasteiger partial charge on any atom is 0.261 e. The van der Waals surface area contributed by atoms with Crippen molar-refractivity contribution in [3.05, 3.63) is 70.3 Å². The van der Waals surface area contributed by atoms with Crippen molar-refractivity contribution in [2.45, 2.75) is 19.4 Å². The normalized spacial score (nSPS) is 17.2. The van der Waals surface area contributed by atoms with Gasteiger partial charge in [-0.2, -0.15) is 0 Å². The molecule has 0 saturated carbocycles. The number of aryl methyl sites for hydroxylation is 1. The fraction of sp³-hybridized carbons (Fsp3) is 0.211. The Morgan fingerprint density at radius 2 is 1.75 bits per heavy atom. The number of carbonyl (C=O) groups excluding carboxylic acids is 1. The van der Waals surface area contributed by atoms with Gasteiger partial charge in [0.25, 0.3) is 5.56 Å². The third-order valence-electron chi connectivity index (χ3n) is 4.58. The molecule has 3 aromatic rings. The van der Waals surface area contributed by atoms with Gasteiger partial charge in [-0.25, -0.2) is 4.98 Å². The van der Waals surface area contributed by atoms with Gasteiger partial charge < -0.3 is 4.90 Å². The van der Waals surface area contributed by atoms with E-state index in [1.807, 2.05) is 49.4 Å². The number of anilines is 1. The van der Waals surface area contributed by atoms with Crippen molar-refractivity contribution in [3.8, 4) is 0 Å². The molecule has 4 rings (SSSR count). The van der Waals surface area contributed by atoms with Crippen LogP contribution in [0, 0.1) is 6.92 Å². The van der Waals surface area contributed by atoms with Crippen LogP contribution in [-0.2, 0) is 11.8 Å². The predicted octanol–water partition coefficient (Wildman–Crippen LogP) is 2.72. The quantitative estimate of drug-likeness (QED) is 0.683. The van der Waals surface area contributed by atoms with E-state index in [2.05, 4.69) is 4.98 Å². The zero-order chi connectivity index (χ0) is 16.8. The van der Waals surface area contributed by atoms with Crippen molar-refractivity contribution in [2.24, 2.45) is 7.05 Å². The van der Waals surface area contributed by atoms with Gasteiger partial charge in [-0.15, -0.1) is 0 Å². The molecule has 5 nitrogen and oxygen atoms in total. The molecule has 1 aliphatic rings. The second-order valence-corrected chi connectivity index (χ2v) is 6.17. The summed E-state index contributed by atoms with van der Waals surface area (Å²) in [6.45, 7) is 2.01. The summed E-state index contributed by atoms with van der Waals surface area (Å²) in [7, 11) is 1.72. The number of β-lactam (4-membered cyclic amide) rings is 1. The monoisotopic (exact) mass is 319 g/mol. The summed E-state index contributed by atoms with van der Waals surface area (Å²) in [5.74, 6) is 0.671. The van der Waals surface area contributed by atoms with Gasteiger partial charge in [-0.05, 0) is 31.2 Å². The first-order valence-corrected chi connectivity index (χ1v) is 7.90. The van der Waals surface area contributed by atoms with E-state index in [0.717, 1.165) is 11.3 Å². The van der Waals surface area contributed by atoms with Crippen molar-refractivity contribution in [3.63, 3.8) is 0 Å². The van der Waals surface area contributed by atoms with Crippen molar-refractivity contribution < 1.29 is 4.79 Å². The molecule has 1 saturated heterocycles. The van der Waals surface area contributed by atoms with Crippen molar-refractivity contribution in [1.82, 2.24) is 9.55 Å². The number of rotatable bonds is 2. The number of hydrogen-bond acceptors (Lipinski definition) is 3. The van der Waals surface area contributed by atoms with E-state index < -0.39 is 0 Å². The smallest absolute Gasteiger partial charge is 0.261 e. The molecule has 0 N–H and O–H groups in total. The molecule has 0 spiro atoms. The lowest BCUT2D eigenvalue weighted by molar-refractivity contribution is -0.124. The number of carbonyl (C=O) groups is 1. The van der Waals surface area contributed by atoms with Crippen molar-refractivity contribution >= 4 is 22.5 Å². The molecule has 1 atom stereocenters. The fourth-order valence-electron chi connectivity index (χ4n) is 3.19. The lowest BCUT2D eigenvalue weighted by atomic mass is 9.98.